The van der Waals surface area contributed by atoms with Gasteiger partial charge >= 0.3 is 0 Å². The van der Waals surface area contributed by atoms with Crippen LogP contribution in [0.1, 0.15) is 30.9 Å². The van der Waals surface area contributed by atoms with Gasteiger partial charge in [-0.2, -0.15) is 0 Å². The summed E-state index contributed by atoms with van der Waals surface area (Å²) in [6.07, 6.45) is 5.87. The first-order valence-electron chi connectivity index (χ1n) is 5.65. The lowest BCUT2D eigenvalue weighted by Crippen LogP contribution is -2.10. The Labute approximate surface area is 89.5 Å². The first-order valence-corrected chi connectivity index (χ1v) is 5.65. The van der Waals surface area contributed by atoms with Crippen LogP contribution >= 0.6 is 0 Å². The Balaban J connectivity index is 1.88. The highest BCUT2D eigenvalue weighted by molar-refractivity contribution is 5.80. The average Bonchev–Trinajstić information content (AvgIpc) is 2.94. The van der Waals surface area contributed by atoms with Crippen LogP contribution in [0.25, 0.3) is 10.9 Å². The van der Waals surface area contributed by atoms with Crippen LogP contribution in [0.5, 0.6) is 0 Å². The highest BCUT2D eigenvalue weighted by Crippen LogP contribution is 2.37. The van der Waals surface area contributed by atoms with Crippen molar-refractivity contribution in [2.24, 2.45) is 11.7 Å². The summed E-state index contributed by atoms with van der Waals surface area (Å²) in [5.41, 5.74) is 8.65. The van der Waals surface area contributed by atoms with Gasteiger partial charge in [-0.05, 0) is 41.5 Å². The zero-order valence-corrected chi connectivity index (χ0v) is 8.74. The van der Waals surface area contributed by atoms with E-state index < -0.39 is 0 Å². The molecule has 0 spiro atoms. The molecule has 1 aliphatic rings. The SMILES string of the molecule is N[C@H](CC1CC1)c1ccc2[nH]ccc2c1. The third-order valence-electron chi connectivity index (χ3n) is 3.29. The lowest BCUT2D eigenvalue weighted by molar-refractivity contribution is 0.597. The first-order chi connectivity index (χ1) is 7.33. The number of hydrogen-bond donors (Lipinski definition) is 2. The van der Waals surface area contributed by atoms with E-state index in [1.54, 1.807) is 0 Å². The van der Waals surface area contributed by atoms with Crippen LogP contribution in [0, 0.1) is 5.92 Å². The third kappa shape index (κ3) is 1.77. The summed E-state index contributed by atoms with van der Waals surface area (Å²) in [5.74, 6) is 0.891. The summed E-state index contributed by atoms with van der Waals surface area (Å²) in [7, 11) is 0. The number of aromatic amines is 1. The molecule has 3 rings (SSSR count). The van der Waals surface area contributed by atoms with Gasteiger partial charge in [-0.25, -0.2) is 0 Å². The Kier molecular flexibility index (Phi) is 2.03. The van der Waals surface area contributed by atoms with Crippen LogP contribution in [-0.2, 0) is 0 Å². The van der Waals surface area contributed by atoms with Crippen molar-refractivity contribution in [1.82, 2.24) is 4.98 Å². The number of aromatic nitrogens is 1. The second-order valence-electron chi connectivity index (χ2n) is 4.61. The molecule has 1 aromatic carbocycles. The van der Waals surface area contributed by atoms with Gasteiger partial charge in [0.05, 0.1) is 0 Å². The summed E-state index contributed by atoms with van der Waals surface area (Å²) in [6.45, 7) is 0. The molecule has 0 amide bonds. The summed E-state index contributed by atoms with van der Waals surface area (Å²) < 4.78 is 0. The molecule has 0 unspecified atom stereocenters. The van der Waals surface area contributed by atoms with Crippen molar-refractivity contribution in [2.75, 3.05) is 0 Å². The molecule has 0 saturated heterocycles. The lowest BCUT2D eigenvalue weighted by atomic mass is 10.0. The van der Waals surface area contributed by atoms with Crippen molar-refractivity contribution >= 4 is 10.9 Å². The van der Waals surface area contributed by atoms with E-state index in [0.29, 0.717) is 0 Å². The molecule has 0 radical (unpaired) electrons. The number of nitrogens with one attached hydrogen (secondary N) is 1. The maximum absolute atomic E-state index is 6.19. The molecule has 15 heavy (non-hydrogen) atoms. The normalized spacial score (nSPS) is 18.2. The molecule has 1 fully saturated rings. The fourth-order valence-electron chi connectivity index (χ4n) is 2.15. The number of rotatable bonds is 3. The monoisotopic (exact) mass is 200 g/mol. The van der Waals surface area contributed by atoms with Gasteiger partial charge in [-0.3, -0.25) is 0 Å². The molecule has 1 aliphatic carbocycles. The Morgan fingerprint density at radius 2 is 2.20 bits per heavy atom. The topological polar surface area (TPSA) is 41.8 Å². The molecule has 1 atom stereocenters. The van der Waals surface area contributed by atoms with Crippen LogP contribution in [-0.4, -0.2) is 4.98 Å². The van der Waals surface area contributed by atoms with Crippen molar-refractivity contribution < 1.29 is 0 Å². The van der Waals surface area contributed by atoms with Gasteiger partial charge in [0, 0.05) is 17.8 Å². The van der Waals surface area contributed by atoms with Gasteiger partial charge in [-0.1, -0.05) is 18.9 Å². The van der Waals surface area contributed by atoms with E-state index in [1.165, 1.54) is 29.3 Å². The number of H-pyrrole nitrogens is 1. The molecular weight excluding hydrogens is 184 g/mol. The molecule has 0 aliphatic heterocycles. The van der Waals surface area contributed by atoms with Crippen molar-refractivity contribution in [1.29, 1.82) is 0 Å². The van der Waals surface area contributed by atoms with Crippen LogP contribution in [0.4, 0.5) is 0 Å². The predicted molar refractivity (Wildman–Crippen MR) is 62.6 cm³/mol. The van der Waals surface area contributed by atoms with E-state index in [0.717, 1.165) is 12.3 Å². The predicted octanol–water partition coefficient (Wildman–Crippen LogP) is 2.97. The van der Waals surface area contributed by atoms with Crippen LogP contribution in [0.15, 0.2) is 30.5 Å². The third-order valence-corrected chi connectivity index (χ3v) is 3.29. The zero-order valence-electron chi connectivity index (χ0n) is 8.74. The second-order valence-corrected chi connectivity index (χ2v) is 4.61. The van der Waals surface area contributed by atoms with Gasteiger partial charge in [0.15, 0.2) is 0 Å². The molecule has 2 nitrogen and oxygen atoms in total. The minimum absolute atomic E-state index is 0.219. The summed E-state index contributed by atoms with van der Waals surface area (Å²) >= 11 is 0. The summed E-state index contributed by atoms with van der Waals surface area (Å²) in [6, 6.07) is 8.79. The Hall–Kier alpha value is -1.28. The highest BCUT2D eigenvalue weighted by Gasteiger charge is 2.24. The van der Waals surface area contributed by atoms with Gasteiger partial charge in [0.1, 0.15) is 0 Å². The van der Waals surface area contributed by atoms with Gasteiger partial charge in [0.25, 0.3) is 0 Å². The molecule has 2 heteroatoms. The minimum Gasteiger partial charge on any atom is -0.361 e. The number of nitrogens with two attached hydrogens (primary N) is 1. The van der Waals surface area contributed by atoms with E-state index in [1.807, 2.05) is 6.20 Å². The number of fused-ring (bicyclic) bond motifs is 1. The van der Waals surface area contributed by atoms with E-state index in [4.69, 9.17) is 5.73 Å². The molecule has 2 aromatic rings. The Morgan fingerprint density at radius 3 is 3.00 bits per heavy atom. The smallest absolute Gasteiger partial charge is 0.0454 e. The molecule has 0 bridgehead atoms. The molecule has 3 N–H and O–H groups in total. The standard InChI is InChI=1S/C13H16N2/c14-12(7-9-1-2-9)10-3-4-13-11(8-10)5-6-15-13/h3-6,8-9,12,15H,1-2,7,14H2/t12-/m1/s1. The van der Waals surface area contributed by atoms with Gasteiger partial charge < -0.3 is 10.7 Å². The van der Waals surface area contributed by atoms with E-state index in [2.05, 4.69) is 29.2 Å². The quantitative estimate of drug-likeness (QED) is 0.785. The maximum Gasteiger partial charge on any atom is 0.0454 e. The van der Waals surface area contributed by atoms with Crippen LogP contribution < -0.4 is 5.73 Å². The van der Waals surface area contributed by atoms with Crippen molar-refractivity contribution in [2.45, 2.75) is 25.3 Å². The first kappa shape index (κ1) is 8.98. The fraction of sp³-hybridized carbons (Fsp3) is 0.385. The highest BCUT2D eigenvalue weighted by atomic mass is 14.7. The van der Waals surface area contributed by atoms with Gasteiger partial charge in [-0.15, -0.1) is 0 Å². The molecule has 1 saturated carbocycles. The molecule has 1 heterocycles. The van der Waals surface area contributed by atoms with Crippen LogP contribution in [0.2, 0.25) is 0 Å². The molecule has 78 valence electrons. The Bertz CT molecular complexity index is 468. The number of hydrogen-bond acceptors (Lipinski definition) is 1. The van der Waals surface area contributed by atoms with Crippen molar-refractivity contribution in [3.63, 3.8) is 0 Å². The lowest BCUT2D eigenvalue weighted by Gasteiger charge is -2.11. The van der Waals surface area contributed by atoms with Gasteiger partial charge in [0.2, 0.25) is 0 Å². The summed E-state index contributed by atoms with van der Waals surface area (Å²) in [4.78, 5) is 3.20. The Morgan fingerprint density at radius 1 is 1.33 bits per heavy atom. The second kappa shape index (κ2) is 3.38. The van der Waals surface area contributed by atoms with Crippen molar-refractivity contribution in [3.05, 3.63) is 36.0 Å². The maximum atomic E-state index is 6.19. The molecule has 1 aromatic heterocycles. The van der Waals surface area contributed by atoms with Crippen molar-refractivity contribution in [3.8, 4) is 0 Å². The molecular formula is C13H16N2. The summed E-state index contributed by atoms with van der Waals surface area (Å²) in [5, 5.41) is 1.26. The van der Waals surface area contributed by atoms with E-state index in [-0.39, 0.29) is 6.04 Å². The average molecular weight is 200 g/mol. The number of benzene rings is 1. The van der Waals surface area contributed by atoms with E-state index >= 15 is 0 Å². The minimum atomic E-state index is 0.219. The van der Waals surface area contributed by atoms with Crippen LogP contribution in [0.3, 0.4) is 0 Å². The largest absolute Gasteiger partial charge is 0.361 e. The fourth-order valence-corrected chi connectivity index (χ4v) is 2.15. The zero-order chi connectivity index (χ0) is 10.3. The van der Waals surface area contributed by atoms with E-state index in [9.17, 15) is 0 Å².